The molecule has 12 heavy (non-hydrogen) atoms. The number of fused-ring (bicyclic) bond motifs is 1. The van der Waals surface area contributed by atoms with Crippen LogP contribution < -0.4 is 0 Å². The molecule has 0 saturated heterocycles. The van der Waals surface area contributed by atoms with E-state index in [0.717, 1.165) is 9.58 Å². The average Bonchev–Trinajstić information content (AvgIpc) is 2.29. The summed E-state index contributed by atoms with van der Waals surface area (Å²) in [7, 11) is 0. The van der Waals surface area contributed by atoms with Gasteiger partial charge in [-0.2, -0.15) is 0 Å². The highest BCUT2D eigenvalue weighted by Gasteiger charge is 2.09. The molecule has 2 aromatic rings. The van der Waals surface area contributed by atoms with E-state index in [4.69, 9.17) is 11.6 Å². The highest BCUT2D eigenvalue weighted by Crippen LogP contribution is 2.35. The van der Waals surface area contributed by atoms with Crippen molar-refractivity contribution < 1.29 is 4.39 Å². The normalized spacial score (nSPS) is 10.9. The van der Waals surface area contributed by atoms with Gasteiger partial charge in [-0.1, -0.05) is 17.7 Å². The second-order valence-corrected chi connectivity index (χ2v) is 4.22. The second-order valence-electron chi connectivity index (χ2n) is 2.59. The van der Waals surface area contributed by atoms with Crippen molar-refractivity contribution in [2.45, 2.75) is 6.92 Å². The summed E-state index contributed by atoms with van der Waals surface area (Å²) in [4.78, 5) is 0.969. The fraction of sp³-hybridized carbons (Fsp3) is 0.111. The number of hydrogen-bond donors (Lipinski definition) is 0. The summed E-state index contributed by atoms with van der Waals surface area (Å²) >= 11 is 7.44. The average molecular weight is 201 g/mol. The van der Waals surface area contributed by atoms with Crippen LogP contribution in [0.3, 0.4) is 0 Å². The van der Waals surface area contributed by atoms with Crippen LogP contribution in [0.4, 0.5) is 4.39 Å². The van der Waals surface area contributed by atoms with Crippen molar-refractivity contribution in [3.63, 3.8) is 0 Å². The number of thiophene rings is 1. The molecule has 0 aliphatic heterocycles. The minimum atomic E-state index is -0.234. The number of benzene rings is 1. The van der Waals surface area contributed by atoms with Gasteiger partial charge < -0.3 is 0 Å². The molecule has 0 N–H and O–H groups in total. The first-order valence-corrected chi connectivity index (χ1v) is 4.72. The first-order valence-electron chi connectivity index (χ1n) is 3.53. The molecule has 0 spiro atoms. The fourth-order valence-corrected chi connectivity index (χ4v) is 2.52. The molecule has 0 amide bonds. The van der Waals surface area contributed by atoms with Gasteiger partial charge in [-0.3, -0.25) is 0 Å². The number of rotatable bonds is 0. The van der Waals surface area contributed by atoms with Crippen LogP contribution in [0.1, 0.15) is 4.88 Å². The standard InChI is InChI=1S/C9H6ClFS/c1-5-9(10)8-6(11)3-2-4-7(8)12-5/h2-4H,1H3. The molecule has 0 fully saturated rings. The van der Waals surface area contributed by atoms with Gasteiger partial charge in [-0.15, -0.1) is 11.3 Å². The van der Waals surface area contributed by atoms with E-state index in [1.807, 2.05) is 13.0 Å². The smallest absolute Gasteiger partial charge is 0.133 e. The summed E-state index contributed by atoms with van der Waals surface area (Å²) < 4.78 is 14.1. The fourth-order valence-electron chi connectivity index (χ4n) is 1.19. The van der Waals surface area contributed by atoms with E-state index in [-0.39, 0.29) is 5.82 Å². The Hall–Kier alpha value is -0.600. The summed E-state index contributed by atoms with van der Waals surface area (Å²) in [5.74, 6) is -0.234. The Morgan fingerprint density at radius 2 is 2.17 bits per heavy atom. The first kappa shape index (κ1) is 8.02. The lowest BCUT2D eigenvalue weighted by molar-refractivity contribution is 0.640. The van der Waals surface area contributed by atoms with Crippen molar-refractivity contribution in [3.8, 4) is 0 Å². The van der Waals surface area contributed by atoms with Crippen LogP contribution in [0.2, 0.25) is 5.02 Å². The largest absolute Gasteiger partial charge is 0.206 e. The molecule has 0 bridgehead atoms. The van der Waals surface area contributed by atoms with Gasteiger partial charge in [0.25, 0.3) is 0 Å². The predicted molar refractivity (Wildman–Crippen MR) is 51.5 cm³/mol. The molecule has 0 saturated carbocycles. The van der Waals surface area contributed by atoms with E-state index in [9.17, 15) is 4.39 Å². The summed E-state index contributed by atoms with van der Waals surface area (Å²) in [6, 6.07) is 5.01. The van der Waals surface area contributed by atoms with Gasteiger partial charge in [0.1, 0.15) is 5.82 Å². The Morgan fingerprint density at radius 3 is 2.83 bits per heavy atom. The molecule has 2 rings (SSSR count). The van der Waals surface area contributed by atoms with Crippen molar-refractivity contribution in [3.05, 3.63) is 33.9 Å². The highest BCUT2D eigenvalue weighted by atomic mass is 35.5. The van der Waals surface area contributed by atoms with Crippen LogP contribution in [0.5, 0.6) is 0 Å². The zero-order valence-corrected chi connectivity index (χ0v) is 7.97. The lowest BCUT2D eigenvalue weighted by Crippen LogP contribution is -1.73. The predicted octanol–water partition coefficient (Wildman–Crippen LogP) is 4.00. The van der Waals surface area contributed by atoms with Crippen molar-refractivity contribution in [2.24, 2.45) is 0 Å². The van der Waals surface area contributed by atoms with E-state index < -0.39 is 0 Å². The minimum Gasteiger partial charge on any atom is -0.206 e. The monoisotopic (exact) mass is 200 g/mol. The Labute approximate surface area is 78.6 Å². The van der Waals surface area contributed by atoms with Crippen molar-refractivity contribution in [1.82, 2.24) is 0 Å². The summed E-state index contributed by atoms with van der Waals surface area (Å²) in [5, 5.41) is 1.11. The van der Waals surface area contributed by atoms with Gasteiger partial charge in [0.05, 0.1) is 5.02 Å². The van der Waals surface area contributed by atoms with Gasteiger partial charge in [-0.05, 0) is 19.1 Å². The molecule has 0 unspecified atom stereocenters. The number of halogens is 2. The number of hydrogen-bond acceptors (Lipinski definition) is 1. The first-order chi connectivity index (χ1) is 5.70. The lowest BCUT2D eigenvalue weighted by atomic mass is 10.2. The Balaban J connectivity index is 2.97. The molecule has 0 atom stereocenters. The van der Waals surface area contributed by atoms with Gasteiger partial charge in [0, 0.05) is 15.0 Å². The third kappa shape index (κ3) is 1.03. The maximum absolute atomic E-state index is 13.2. The SMILES string of the molecule is Cc1sc2cccc(F)c2c1Cl. The quantitative estimate of drug-likeness (QED) is 0.603. The van der Waals surface area contributed by atoms with Crippen LogP contribution >= 0.6 is 22.9 Å². The lowest BCUT2D eigenvalue weighted by Gasteiger charge is -1.91. The Morgan fingerprint density at radius 1 is 1.42 bits per heavy atom. The summed E-state index contributed by atoms with van der Waals surface area (Å²) in [6.45, 7) is 1.90. The van der Waals surface area contributed by atoms with Gasteiger partial charge in [0.15, 0.2) is 0 Å². The third-order valence-electron chi connectivity index (χ3n) is 1.77. The van der Waals surface area contributed by atoms with Crippen LogP contribution in [-0.2, 0) is 0 Å². The highest BCUT2D eigenvalue weighted by molar-refractivity contribution is 7.19. The van der Waals surface area contributed by atoms with Crippen molar-refractivity contribution in [2.75, 3.05) is 0 Å². The van der Waals surface area contributed by atoms with E-state index in [1.54, 1.807) is 6.07 Å². The number of aryl methyl sites for hydroxylation is 1. The van der Waals surface area contributed by atoms with E-state index in [0.29, 0.717) is 10.4 Å². The Kier molecular flexibility index (Phi) is 1.81. The van der Waals surface area contributed by atoms with Crippen LogP contribution in [0, 0.1) is 12.7 Å². The minimum absolute atomic E-state index is 0.234. The zero-order valence-electron chi connectivity index (χ0n) is 6.40. The van der Waals surface area contributed by atoms with Crippen LogP contribution in [-0.4, -0.2) is 0 Å². The molecule has 0 nitrogen and oxygen atoms in total. The molecule has 0 aliphatic carbocycles. The summed E-state index contributed by atoms with van der Waals surface area (Å²) in [6.07, 6.45) is 0. The molecule has 1 aromatic carbocycles. The second kappa shape index (κ2) is 2.71. The van der Waals surface area contributed by atoms with E-state index in [2.05, 4.69) is 0 Å². The van der Waals surface area contributed by atoms with E-state index in [1.165, 1.54) is 17.4 Å². The van der Waals surface area contributed by atoms with Gasteiger partial charge in [-0.25, -0.2) is 4.39 Å². The molecule has 1 heterocycles. The van der Waals surface area contributed by atoms with Crippen LogP contribution in [0.25, 0.3) is 10.1 Å². The molecular formula is C9H6ClFS. The molecule has 62 valence electrons. The van der Waals surface area contributed by atoms with Gasteiger partial charge in [0.2, 0.25) is 0 Å². The van der Waals surface area contributed by atoms with Crippen molar-refractivity contribution >= 4 is 33.0 Å². The molecular weight excluding hydrogens is 195 g/mol. The van der Waals surface area contributed by atoms with Crippen LogP contribution in [0.15, 0.2) is 18.2 Å². The Bertz CT molecular complexity index is 433. The zero-order chi connectivity index (χ0) is 8.72. The van der Waals surface area contributed by atoms with Crippen molar-refractivity contribution in [1.29, 1.82) is 0 Å². The third-order valence-corrected chi connectivity index (χ3v) is 3.42. The molecule has 0 radical (unpaired) electrons. The molecule has 1 aromatic heterocycles. The maximum atomic E-state index is 13.2. The van der Waals surface area contributed by atoms with E-state index >= 15 is 0 Å². The summed E-state index contributed by atoms with van der Waals surface area (Å²) in [5.41, 5.74) is 0. The topological polar surface area (TPSA) is 0 Å². The maximum Gasteiger partial charge on any atom is 0.133 e. The molecule has 0 aliphatic rings. The molecule has 3 heteroatoms. The van der Waals surface area contributed by atoms with Gasteiger partial charge >= 0.3 is 0 Å².